The Balaban J connectivity index is 1.71. The summed E-state index contributed by atoms with van der Waals surface area (Å²) in [6.45, 7) is 0.671. The third-order valence-electron chi connectivity index (χ3n) is 4.16. The minimum atomic E-state index is -0.228. The molecule has 1 aromatic rings. The number of hydrogen-bond acceptors (Lipinski definition) is 5. The Bertz CT molecular complexity index is 639. The Morgan fingerprint density at radius 1 is 1.39 bits per heavy atom. The summed E-state index contributed by atoms with van der Waals surface area (Å²) in [5.74, 6) is -0.301. The Hall–Kier alpha value is -2.22. The van der Waals surface area contributed by atoms with Crippen molar-refractivity contribution in [1.82, 2.24) is 20.1 Å². The smallest absolute Gasteiger partial charge is 0.267 e. The van der Waals surface area contributed by atoms with Gasteiger partial charge in [0.2, 0.25) is 5.91 Å². The molecule has 3 rings (SSSR count). The molecule has 0 aromatic carbocycles. The maximum absolute atomic E-state index is 12.4. The van der Waals surface area contributed by atoms with Gasteiger partial charge in [0, 0.05) is 45.3 Å². The molecule has 1 aromatic heterocycles. The second-order valence-corrected chi connectivity index (χ2v) is 5.92. The van der Waals surface area contributed by atoms with E-state index in [-0.39, 0.29) is 24.0 Å². The van der Waals surface area contributed by atoms with Gasteiger partial charge in [-0.3, -0.25) is 14.3 Å². The molecule has 23 heavy (non-hydrogen) atoms. The number of aryl methyl sites for hydroxylation is 1. The molecular weight excluding hydrogens is 298 g/mol. The number of aromatic nitrogens is 2. The van der Waals surface area contributed by atoms with Crippen molar-refractivity contribution in [3.8, 4) is 0 Å². The van der Waals surface area contributed by atoms with Crippen molar-refractivity contribution < 1.29 is 14.3 Å². The van der Waals surface area contributed by atoms with Crippen LogP contribution in [-0.2, 0) is 21.4 Å². The number of carbonyl (C=O) groups is 2. The summed E-state index contributed by atoms with van der Waals surface area (Å²) in [6, 6.07) is -0.119. The van der Waals surface area contributed by atoms with E-state index >= 15 is 0 Å². The van der Waals surface area contributed by atoms with Crippen molar-refractivity contribution in [1.29, 1.82) is 0 Å². The first-order valence-electron chi connectivity index (χ1n) is 7.79. The highest BCUT2D eigenvalue weighted by Crippen LogP contribution is 2.28. The summed E-state index contributed by atoms with van der Waals surface area (Å²) < 4.78 is 7.56. The van der Waals surface area contributed by atoms with E-state index in [1.54, 1.807) is 17.9 Å². The van der Waals surface area contributed by atoms with Gasteiger partial charge in [-0.05, 0) is 12.8 Å². The van der Waals surface area contributed by atoms with Crippen LogP contribution in [0.2, 0.25) is 0 Å². The molecule has 2 amide bonds. The van der Waals surface area contributed by atoms with Crippen LogP contribution in [0.15, 0.2) is 17.5 Å². The van der Waals surface area contributed by atoms with Crippen molar-refractivity contribution in [3.63, 3.8) is 0 Å². The summed E-state index contributed by atoms with van der Waals surface area (Å²) >= 11 is 0. The lowest BCUT2D eigenvalue weighted by atomic mass is 9.97. The van der Waals surface area contributed by atoms with Crippen LogP contribution in [0.25, 0.3) is 0 Å². The number of rotatable bonds is 3. The molecule has 0 saturated carbocycles. The van der Waals surface area contributed by atoms with E-state index in [9.17, 15) is 9.59 Å². The SMILES string of the molecule is CN1N=C(C(=O)N[C@H]2CCCO[C@@H]2c2cnn(C)c2)CCC1=O. The zero-order valence-electron chi connectivity index (χ0n) is 13.4. The van der Waals surface area contributed by atoms with E-state index in [1.165, 1.54) is 5.01 Å². The molecule has 124 valence electrons. The van der Waals surface area contributed by atoms with Crippen LogP contribution in [0.5, 0.6) is 0 Å². The number of hydrogen-bond donors (Lipinski definition) is 1. The van der Waals surface area contributed by atoms with Crippen LogP contribution in [0.4, 0.5) is 0 Å². The third-order valence-corrected chi connectivity index (χ3v) is 4.16. The molecule has 0 unspecified atom stereocenters. The Morgan fingerprint density at radius 3 is 2.91 bits per heavy atom. The molecule has 0 radical (unpaired) electrons. The van der Waals surface area contributed by atoms with Crippen LogP contribution >= 0.6 is 0 Å². The lowest BCUT2D eigenvalue weighted by molar-refractivity contribution is -0.130. The van der Waals surface area contributed by atoms with Crippen molar-refractivity contribution in [3.05, 3.63) is 18.0 Å². The molecule has 0 aliphatic carbocycles. The van der Waals surface area contributed by atoms with Crippen LogP contribution < -0.4 is 5.32 Å². The summed E-state index contributed by atoms with van der Waals surface area (Å²) in [5.41, 5.74) is 1.35. The Labute approximate surface area is 134 Å². The van der Waals surface area contributed by atoms with E-state index in [0.717, 1.165) is 18.4 Å². The highest BCUT2D eigenvalue weighted by atomic mass is 16.5. The van der Waals surface area contributed by atoms with Gasteiger partial charge in [0.25, 0.3) is 5.91 Å². The van der Waals surface area contributed by atoms with Gasteiger partial charge in [0.05, 0.1) is 12.2 Å². The predicted molar refractivity (Wildman–Crippen MR) is 82.5 cm³/mol. The highest BCUT2D eigenvalue weighted by Gasteiger charge is 2.31. The average molecular weight is 319 g/mol. The van der Waals surface area contributed by atoms with Crippen LogP contribution in [0.1, 0.15) is 37.4 Å². The highest BCUT2D eigenvalue weighted by molar-refractivity contribution is 6.39. The zero-order valence-corrected chi connectivity index (χ0v) is 13.4. The molecule has 0 bridgehead atoms. The lowest BCUT2D eigenvalue weighted by Crippen LogP contribution is -2.46. The summed E-state index contributed by atoms with van der Waals surface area (Å²) in [4.78, 5) is 23.9. The monoisotopic (exact) mass is 319 g/mol. The van der Waals surface area contributed by atoms with E-state index in [1.807, 2.05) is 13.2 Å². The van der Waals surface area contributed by atoms with E-state index in [4.69, 9.17) is 4.74 Å². The van der Waals surface area contributed by atoms with Gasteiger partial charge in [-0.25, -0.2) is 5.01 Å². The van der Waals surface area contributed by atoms with Crippen molar-refractivity contribution in [2.45, 2.75) is 37.8 Å². The Morgan fingerprint density at radius 2 is 2.22 bits per heavy atom. The number of nitrogens with zero attached hydrogens (tertiary/aromatic N) is 4. The first-order valence-corrected chi connectivity index (χ1v) is 7.79. The second kappa shape index (κ2) is 6.49. The molecule has 2 aliphatic heterocycles. The number of ether oxygens (including phenoxy) is 1. The number of hydrazone groups is 1. The molecule has 3 heterocycles. The zero-order chi connectivity index (χ0) is 16.4. The van der Waals surface area contributed by atoms with Gasteiger partial charge in [-0.15, -0.1) is 0 Å². The van der Waals surface area contributed by atoms with E-state index in [2.05, 4.69) is 15.5 Å². The Kier molecular flexibility index (Phi) is 4.42. The number of amides is 2. The molecule has 8 nitrogen and oxygen atoms in total. The average Bonchev–Trinajstić information content (AvgIpc) is 2.97. The maximum Gasteiger partial charge on any atom is 0.267 e. The molecule has 0 spiro atoms. The van der Waals surface area contributed by atoms with Crippen molar-refractivity contribution >= 4 is 17.5 Å². The summed E-state index contributed by atoms with van der Waals surface area (Å²) in [7, 11) is 3.42. The largest absolute Gasteiger partial charge is 0.371 e. The molecule has 2 atom stereocenters. The maximum atomic E-state index is 12.4. The molecular formula is C15H21N5O3. The summed E-state index contributed by atoms with van der Waals surface area (Å²) in [5, 5.41) is 12.5. The molecule has 1 N–H and O–H groups in total. The fraction of sp³-hybridized carbons (Fsp3) is 0.600. The molecule has 8 heteroatoms. The summed E-state index contributed by atoms with van der Waals surface area (Å²) in [6.07, 6.45) is 5.89. The van der Waals surface area contributed by atoms with Gasteiger partial charge in [0.1, 0.15) is 11.8 Å². The minimum Gasteiger partial charge on any atom is -0.371 e. The van der Waals surface area contributed by atoms with Gasteiger partial charge in [-0.2, -0.15) is 10.2 Å². The number of carbonyl (C=O) groups excluding carboxylic acids is 2. The van der Waals surface area contributed by atoms with Crippen molar-refractivity contribution in [2.24, 2.45) is 12.1 Å². The number of nitrogens with one attached hydrogen (secondary N) is 1. The molecule has 1 fully saturated rings. The van der Waals surface area contributed by atoms with E-state index < -0.39 is 0 Å². The fourth-order valence-corrected chi connectivity index (χ4v) is 2.93. The minimum absolute atomic E-state index is 0.0733. The first-order chi connectivity index (χ1) is 11.0. The first kappa shape index (κ1) is 15.7. The normalized spacial score (nSPS) is 25.2. The van der Waals surface area contributed by atoms with E-state index in [0.29, 0.717) is 25.2 Å². The van der Waals surface area contributed by atoms with Gasteiger partial charge < -0.3 is 10.1 Å². The predicted octanol–water partition coefficient (Wildman–Crippen LogP) is 0.365. The van der Waals surface area contributed by atoms with Gasteiger partial charge in [-0.1, -0.05) is 0 Å². The quantitative estimate of drug-likeness (QED) is 0.871. The van der Waals surface area contributed by atoms with Crippen LogP contribution in [0.3, 0.4) is 0 Å². The second-order valence-electron chi connectivity index (χ2n) is 5.92. The van der Waals surface area contributed by atoms with Gasteiger partial charge in [0.15, 0.2) is 0 Å². The van der Waals surface area contributed by atoms with Crippen molar-refractivity contribution in [2.75, 3.05) is 13.7 Å². The van der Waals surface area contributed by atoms with Crippen LogP contribution in [-0.4, -0.2) is 52.0 Å². The molecule has 2 aliphatic rings. The van der Waals surface area contributed by atoms with Crippen LogP contribution in [0, 0.1) is 0 Å². The molecule has 1 saturated heterocycles. The third kappa shape index (κ3) is 3.42. The topological polar surface area (TPSA) is 88.8 Å². The standard InChI is InChI=1S/C15H21N5O3/c1-19-9-10(8-16-19)14-11(4-3-7-23-14)17-15(22)12-5-6-13(21)20(2)18-12/h8-9,11,14H,3-7H2,1-2H3,(H,17,22)/t11-,14+/m0/s1. The van der Waals surface area contributed by atoms with Gasteiger partial charge >= 0.3 is 0 Å². The fourth-order valence-electron chi connectivity index (χ4n) is 2.93. The lowest BCUT2D eigenvalue weighted by Gasteiger charge is -2.32.